The molecule has 9 atom stereocenters. The number of Topliss-reactive ketones (excluding diaryl/α,β-unsaturated/α-hetero) is 1. The number of aliphatic hydroxyl groups is 3. The molecule has 276 valence electrons. The Bertz CT molecular complexity index is 1280. The summed E-state index contributed by atoms with van der Waals surface area (Å²) < 4.78 is 12.2. The van der Waals surface area contributed by atoms with Gasteiger partial charge in [-0.15, -0.1) is 0 Å². The summed E-state index contributed by atoms with van der Waals surface area (Å²) in [6, 6.07) is 0. The number of hydrogen-bond acceptors (Lipinski definition) is 8. The van der Waals surface area contributed by atoms with Gasteiger partial charge >= 0.3 is 11.9 Å². The van der Waals surface area contributed by atoms with Gasteiger partial charge in [-0.3, -0.25) is 9.59 Å². The first-order valence-corrected chi connectivity index (χ1v) is 19.3. The van der Waals surface area contributed by atoms with Crippen LogP contribution in [0.2, 0.25) is 0 Å². The molecule has 0 amide bonds. The molecule has 0 saturated heterocycles. The van der Waals surface area contributed by atoms with Crippen molar-refractivity contribution in [2.75, 3.05) is 13.2 Å². The van der Waals surface area contributed by atoms with Crippen molar-refractivity contribution in [3.05, 3.63) is 34.9 Å². The average molecular weight is 685 g/mol. The van der Waals surface area contributed by atoms with Gasteiger partial charge in [-0.25, -0.2) is 4.79 Å². The summed E-state index contributed by atoms with van der Waals surface area (Å²) in [5, 5.41) is 34.2. The molecule has 9 unspecified atom stereocenters. The van der Waals surface area contributed by atoms with E-state index in [4.69, 9.17) is 9.47 Å². The lowest BCUT2D eigenvalue weighted by Gasteiger charge is -2.49. The molecule has 0 aromatic heterocycles. The molecule has 0 aliphatic heterocycles. The maximum absolute atomic E-state index is 14.9. The van der Waals surface area contributed by atoms with E-state index >= 15 is 0 Å². The standard InChI is InChI=1S/C41H64O8/c1-7-9-10-11-12-13-14-15-16-17-18-19-20-21-33(44)48-37-30(25-42)23-31-34-32(39(34,6)26-43)22-29(5)40(35(31)45)24-28(4)36(41(37,40)47)49-38(46)27(3)8-2/h8,23-24,29,31-32,34,36-37,42-43,47H,7,9-22,25-26H2,1-6H3. The number of hydrogen-bond donors (Lipinski definition) is 3. The van der Waals surface area contributed by atoms with Crippen molar-refractivity contribution in [2.24, 2.45) is 34.5 Å². The number of esters is 2. The minimum Gasteiger partial charge on any atom is -0.454 e. The fraction of sp³-hybridized carbons (Fsp3) is 0.780. The zero-order valence-corrected chi connectivity index (χ0v) is 31.1. The second-order valence-electron chi connectivity index (χ2n) is 15.9. The van der Waals surface area contributed by atoms with Crippen LogP contribution in [0, 0.1) is 34.5 Å². The van der Waals surface area contributed by atoms with E-state index in [1.165, 1.54) is 57.8 Å². The van der Waals surface area contributed by atoms with Crippen LogP contribution in [0.4, 0.5) is 0 Å². The Balaban J connectivity index is 1.50. The van der Waals surface area contributed by atoms with Crippen molar-refractivity contribution < 1.29 is 39.2 Å². The number of ketones is 1. The lowest BCUT2D eigenvalue weighted by atomic mass is 9.59. The van der Waals surface area contributed by atoms with E-state index in [9.17, 15) is 29.7 Å². The smallest absolute Gasteiger partial charge is 0.334 e. The molecular formula is C41H64O8. The highest BCUT2D eigenvalue weighted by Crippen LogP contribution is 2.72. The Kier molecular flexibility index (Phi) is 13.6. The molecule has 8 nitrogen and oxygen atoms in total. The molecule has 0 aromatic carbocycles. The molecule has 0 aromatic rings. The zero-order chi connectivity index (χ0) is 36.0. The molecule has 2 bridgehead atoms. The van der Waals surface area contributed by atoms with Gasteiger partial charge in [0, 0.05) is 24.5 Å². The fourth-order valence-corrected chi connectivity index (χ4v) is 9.58. The number of rotatable bonds is 19. The molecule has 4 rings (SSSR count). The Hall–Kier alpha value is -2.29. The largest absolute Gasteiger partial charge is 0.454 e. The summed E-state index contributed by atoms with van der Waals surface area (Å²) in [5.41, 5.74) is -3.09. The summed E-state index contributed by atoms with van der Waals surface area (Å²) in [6.07, 6.45) is 18.4. The van der Waals surface area contributed by atoms with Gasteiger partial charge in [0.15, 0.2) is 23.6 Å². The quantitative estimate of drug-likeness (QED) is 0.0558. The van der Waals surface area contributed by atoms with Crippen LogP contribution in [0.25, 0.3) is 0 Å². The number of ether oxygens (including phenoxy) is 2. The molecule has 49 heavy (non-hydrogen) atoms. The Morgan fingerprint density at radius 2 is 1.51 bits per heavy atom. The van der Waals surface area contributed by atoms with E-state index in [2.05, 4.69) is 6.92 Å². The van der Waals surface area contributed by atoms with Crippen molar-refractivity contribution in [2.45, 2.75) is 156 Å². The van der Waals surface area contributed by atoms with Gasteiger partial charge < -0.3 is 24.8 Å². The first-order valence-electron chi connectivity index (χ1n) is 19.3. The maximum atomic E-state index is 14.9. The van der Waals surface area contributed by atoms with Crippen molar-refractivity contribution in [1.29, 1.82) is 0 Å². The molecule has 0 radical (unpaired) electrons. The lowest BCUT2D eigenvalue weighted by molar-refractivity contribution is -0.211. The van der Waals surface area contributed by atoms with Crippen LogP contribution >= 0.6 is 0 Å². The highest BCUT2D eigenvalue weighted by molar-refractivity contribution is 5.96. The highest BCUT2D eigenvalue weighted by Gasteiger charge is 2.78. The number of carbonyl (C=O) groups excluding carboxylic acids is 3. The van der Waals surface area contributed by atoms with Crippen LogP contribution in [0.15, 0.2) is 34.9 Å². The fourth-order valence-electron chi connectivity index (χ4n) is 9.58. The highest BCUT2D eigenvalue weighted by atomic mass is 16.6. The normalized spacial score (nSPS) is 35.0. The van der Waals surface area contributed by atoms with Crippen LogP contribution in [0.1, 0.15) is 138 Å². The molecule has 2 saturated carbocycles. The second-order valence-corrected chi connectivity index (χ2v) is 15.9. The molecule has 4 aliphatic rings. The number of aliphatic hydroxyl groups excluding tert-OH is 2. The summed E-state index contributed by atoms with van der Waals surface area (Å²) >= 11 is 0. The van der Waals surface area contributed by atoms with Crippen LogP contribution in [0.3, 0.4) is 0 Å². The molecule has 8 heteroatoms. The molecule has 3 N–H and O–H groups in total. The third-order valence-corrected chi connectivity index (χ3v) is 12.7. The van der Waals surface area contributed by atoms with E-state index < -0.39 is 59.0 Å². The van der Waals surface area contributed by atoms with Crippen molar-refractivity contribution >= 4 is 17.7 Å². The van der Waals surface area contributed by atoms with E-state index in [0.29, 0.717) is 24.0 Å². The Morgan fingerprint density at radius 3 is 2.04 bits per heavy atom. The lowest BCUT2D eigenvalue weighted by Crippen LogP contribution is -2.66. The number of allylic oxidation sites excluding steroid dienone is 2. The van der Waals surface area contributed by atoms with Crippen LogP contribution in [-0.2, 0) is 23.9 Å². The summed E-state index contributed by atoms with van der Waals surface area (Å²) in [6.45, 7) is 10.6. The number of unbranched alkanes of at least 4 members (excludes halogenated alkanes) is 12. The van der Waals surface area contributed by atoms with E-state index in [0.717, 1.165) is 19.3 Å². The van der Waals surface area contributed by atoms with Gasteiger partial charge in [-0.2, -0.15) is 0 Å². The van der Waals surface area contributed by atoms with E-state index in [1.54, 1.807) is 39.0 Å². The van der Waals surface area contributed by atoms with Gasteiger partial charge in [0.25, 0.3) is 0 Å². The SMILES string of the molecule is CC=C(C)C(=O)OC1C(C)=CC23C(=O)C(C=C(CO)C(OC(=O)CCCCCCCCCCCCCCC)C12O)C1C(CC3C)C1(C)CO. The second kappa shape index (κ2) is 16.8. The maximum Gasteiger partial charge on any atom is 0.334 e. The predicted molar refractivity (Wildman–Crippen MR) is 190 cm³/mol. The molecule has 0 heterocycles. The average Bonchev–Trinajstić information content (AvgIpc) is 3.63. The zero-order valence-electron chi connectivity index (χ0n) is 31.1. The first-order chi connectivity index (χ1) is 23.4. The molecular weight excluding hydrogens is 620 g/mol. The number of fused-ring (bicyclic) bond motifs is 3. The minimum absolute atomic E-state index is 0.0384. The summed E-state index contributed by atoms with van der Waals surface area (Å²) in [5.74, 6) is -2.67. The van der Waals surface area contributed by atoms with Gasteiger partial charge in [-0.05, 0) is 67.9 Å². The summed E-state index contributed by atoms with van der Waals surface area (Å²) in [4.78, 5) is 41.6. The topological polar surface area (TPSA) is 130 Å². The van der Waals surface area contributed by atoms with Crippen LogP contribution < -0.4 is 0 Å². The van der Waals surface area contributed by atoms with Crippen molar-refractivity contribution in [1.82, 2.24) is 0 Å². The third-order valence-electron chi connectivity index (χ3n) is 12.7. The van der Waals surface area contributed by atoms with Crippen molar-refractivity contribution in [3.8, 4) is 0 Å². The van der Waals surface area contributed by atoms with E-state index in [1.807, 2.05) is 13.8 Å². The van der Waals surface area contributed by atoms with Gasteiger partial charge in [0.05, 0.1) is 12.0 Å². The van der Waals surface area contributed by atoms with Crippen molar-refractivity contribution in [3.63, 3.8) is 0 Å². The van der Waals surface area contributed by atoms with E-state index in [-0.39, 0.29) is 36.2 Å². The molecule has 2 fully saturated rings. The van der Waals surface area contributed by atoms with Gasteiger partial charge in [0.1, 0.15) is 0 Å². The minimum atomic E-state index is -2.17. The predicted octanol–water partition coefficient (Wildman–Crippen LogP) is 7.34. The monoisotopic (exact) mass is 684 g/mol. The molecule has 1 spiro atoms. The first kappa shape index (κ1) is 39.5. The molecule has 4 aliphatic carbocycles. The Morgan fingerprint density at radius 1 is 0.939 bits per heavy atom. The van der Waals surface area contributed by atoms with Gasteiger partial charge in [-0.1, -0.05) is 116 Å². The van der Waals surface area contributed by atoms with Crippen LogP contribution in [0.5, 0.6) is 0 Å². The van der Waals surface area contributed by atoms with Crippen LogP contribution in [-0.4, -0.2) is 64.1 Å². The summed E-state index contributed by atoms with van der Waals surface area (Å²) in [7, 11) is 0. The Labute approximate surface area is 294 Å². The van der Waals surface area contributed by atoms with Gasteiger partial charge in [0.2, 0.25) is 0 Å². The number of carbonyl (C=O) groups is 3. The third kappa shape index (κ3) is 7.53.